The normalized spacial score (nSPS) is 11.6. The van der Waals surface area contributed by atoms with E-state index in [1.165, 1.54) is 11.1 Å². The molecule has 0 radical (unpaired) electrons. The van der Waals surface area contributed by atoms with E-state index in [-0.39, 0.29) is 0 Å². The van der Waals surface area contributed by atoms with E-state index in [4.69, 9.17) is 0 Å². The fourth-order valence-corrected chi connectivity index (χ4v) is 0.765. The average molecular weight is 190 g/mol. The summed E-state index contributed by atoms with van der Waals surface area (Å²) >= 11 is 0. The van der Waals surface area contributed by atoms with E-state index in [1.807, 2.05) is 19.9 Å². The molecule has 0 saturated carbocycles. The van der Waals surface area contributed by atoms with Crippen LogP contribution in [0.2, 0.25) is 0 Å². The van der Waals surface area contributed by atoms with Gasteiger partial charge in [0.1, 0.15) is 0 Å². The van der Waals surface area contributed by atoms with E-state index in [0.29, 0.717) is 5.70 Å². The summed E-state index contributed by atoms with van der Waals surface area (Å²) in [7, 11) is 0. The van der Waals surface area contributed by atoms with Gasteiger partial charge >= 0.3 is 0 Å². The highest BCUT2D eigenvalue weighted by Crippen LogP contribution is 2.14. The first-order valence-corrected chi connectivity index (χ1v) is 4.53. The standard InChI is InChI=1S/C12H18N2/c1-7-14-12(11(5)13-6)8-10(4)9(2)3/h7-8H,5-6H2,1-4H3/b12-8+,14-7-. The monoisotopic (exact) mass is 190 g/mol. The highest BCUT2D eigenvalue weighted by atomic mass is 14.8. The minimum absolute atomic E-state index is 0.601. The van der Waals surface area contributed by atoms with Crippen LogP contribution in [0, 0.1) is 0 Å². The Balaban J connectivity index is 5.11. The van der Waals surface area contributed by atoms with Crippen molar-refractivity contribution in [3.05, 3.63) is 35.2 Å². The Morgan fingerprint density at radius 3 is 2.14 bits per heavy atom. The maximum Gasteiger partial charge on any atom is 0.0878 e. The third-order valence-electron chi connectivity index (χ3n) is 1.90. The van der Waals surface area contributed by atoms with E-state index in [2.05, 4.69) is 37.1 Å². The second-order valence-electron chi connectivity index (χ2n) is 3.20. The Labute approximate surface area is 86.5 Å². The molecule has 0 N–H and O–H groups in total. The predicted octanol–water partition coefficient (Wildman–Crippen LogP) is 3.53. The number of hydrogen-bond acceptors (Lipinski definition) is 2. The van der Waals surface area contributed by atoms with Crippen molar-refractivity contribution in [1.82, 2.24) is 0 Å². The molecule has 0 spiro atoms. The summed E-state index contributed by atoms with van der Waals surface area (Å²) in [4.78, 5) is 7.96. The molecule has 0 rings (SSSR count). The van der Waals surface area contributed by atoms with E-state index < -0.39 is 0 Å². The Hall–Kier alpha value is -1.44. The van der Waals surface area contributed by atoms with Crippen LogP contribution in [-0.4, -0.2) is 12.9 Å². The molecule has 0 aliphatic heterocycles. The summed E-state index contributed by atoms with van der Waals surface area (Å²) < 4.78 is 0. The van der Waals surface area contributed by atoms with Gasteiger partial charge in [0.15, 0.2) is 0 Å². The Kier molecular flexibility index (Phi) is 5.46. The molecule has 0 atom stereocenters. The summed E-state index contributed by atoms with van der Waals surface area (Å²) in [5, 5.41) is 0. The first-order valence-electron chi connectivity index (χ1n) is 4.53. The highest BCUT2D eigenvalue weighted by Gasteiger charge is 1.98. The third-order valence-corrected chi connectivity index (χ3v) is 1.90. The van der Waals surface area contributed by atoms with Gasteiger partial charge in [-0.2, -0.15) is 0 Å². The third kappa shape index (κ3) is 3.99. The average Bonchev–Trinajstić information content (AvgIpc) is 2.15. The van der Waals surface area contributed by atoms with Crippen LogP contribution in [-0.2, 0) is 0 Å². The lowest BCUT2D eigenvalue weighted by Crippen LogP contribution is -1.84. The maximum absolute atomic E-state index is 4.19. The van der Waals surface area contributed by atoms with Gasteiger partial charge in [0.05, 0.1) is 11.4 Å². The van der Waals surface area contributed by atoms with Crippen LogP contribution >= 0.6 is 0 Å². The Morgan fingerprint density at radius 1 is 1.21 bits per heavy atom. The topological polar surface area (TPSA) is 24.7 Å². The minimum Gasteiger partial charge on any atom is -0.263 e. The number of rotatable bonds is 4. The molecule has 0 bridgehead atoms. The van der Waals surface area contributed by atoms with Gasteiger partial charge in [0.2, 0.25) is 0 Å². The summed E-state index contributed by atoms with van der Waals surface area (Å²) in [6, 6.07) is 0. The summed E-state index contributed by atoms with van der Waals surface area (Å²) in [6.07, 6.45) is 3.69. The molecule has 0 fully saturated rings. The van der Waals surface area contributed by atoms with Gasteiger partial charge in [-0.1, -0.05) is 17.7 Å². The molecule has 0 aromatic carbocycles. The molecule has 0 aromatic heterocycles. The van der Waals surface area contributed by atoms with Gasteiger partial charge < -0.3 is 0 Å². The zero-order valence-electron chi connectivity index (χ0n) is 9.46. The van der Waals surface area contributed by atoms with Crippen molar-refractivity contribution < 1.29 is 0 Å². The molecule has 0 amide bonds. The molecule has 0 saturated heterocycles. The molecule has 14 heavy (non-hydrogen) atoms. The molecule has 2 heteroatoms. The second kappa shape index (κ2) is 6.08. The lowest BCUT2D eigenvalue weighted by Gasteiger charge is -2.02. The zero-order chi connectivity index (χ0) is 11.1. The first-order chi connectivity index (χ1) is 6.52. The minimum atomic E-state index is 0.601. The quantitative estimate of drug-likeness (QED) is 0.478. The Morgan fingerprint density at radius 2 is 1.79 bits per heavy atom. The second-order valence-corrected chi connectivity index (χ2v) is 3.20. The van der Waals surface area contributed by atoms with Crippen LogP contribution in [0.25, 0.3) is 0 Å². The van der Waals surface area contributed by atoms with Crippen molar-refractivity contribution in [2.24, 2.45) is 9.98 Å². The predicted molar refractivity (Wildman–Crippen MR) is 65.0 cm³/mol. The van der Waals surface area contributed by atoms with Crippen molar-refractivity contribution in [2.45, 2.75) is 27.7 Å². The van der Waals surface area contributed by atoms with Gasteiger partial charge in [-0.3, -0.25) is 9.98 Å². The summed E-state index contributed by atoms with van der Waals surface area (Å²) in [5.74, 6) is 0. The van der Waals surface area contributed by atoms with Crippen LogP contribution in [0.15, 0.2) is 45.2 Å². The van der Waals surface area contributed by atoms with Gasteiger partial charge in [0, 0.05) is 6.21 Å². The molecular weight excluding hydrogens is 172 g/mol. The fraction of sp³-hybridized carbons (Fsp3) is 0.333. The van der Waals surface area contributed by atoms with E-state index in [1.54, 1.807) is 6.21 Å². The van der Waals surface area contributed by atoms with Crippen molar-refractivity contribution in [2.75, 3.05) is 0 Å². The maximum atomic E-state index is 4.19. The van der Waals surface area contributed by atoms with E-state index in [0.717, 1.165) is 5.70 Å². The van der Waals surface area contributed by atoms with Crippen LogP contribution in [0.1, 0.15) is 27.7 Å². The molecule has 0 aromatic rings. The zero-order valence-corrected chi connectivity index (χ0v) is 9.46. The van der Waals surface area contributed by atoms with E-state index >= 15 is 0 Å². The molecular formula is C12H18N2. The molecule has 0 aliphatic rings. The fourth-order valence-electron chi connectivity index (χ4n) is 0.765. The van der Waals surface area contributed by atoms with Crippen LogP contribution < -0.4 is 0 Å². The van der Waals surface area contributed by atoms with Crippen LogP contribution in [0.5, 0.6) is 0 Å². The van der Waals surface area contributed by atoms with Crippen molar-refractivity contribution in [1.29, 1.82) is 0 Å². The number of nitrogens with zero attached hydrogens (tertiary/aromatic N) is 2. The lowest BCUT2D eigenvalue weighted by atomic mass is 10.1. The largest absolute Gasteiger partial charge is 0.263 e. The molecule has 76 valence electrons. The molecule has 0 aliphatic carbocycles. The smallest absolute Gasteiger partial charge is 0.0878 e. The van der Waals surface area contributed by atoms with Crippen molar-refractivity contribution >= 4 is 12.9 Å². The van der Waals surface area contributed by atoms with Gasteiger partial charge in [-0.25, -0.2) is 0 Å². The molecule has 2 nitrogen and oxygen atoms in total. The van der Waals surface area contributed by atoms with Crippen LogP contribution in [0.4, 0.5) is 0 Å². The lowest BCUT2D eigenvalue weighted by molar-refractivity contribution is 1.22. The number of hydrogen-bond donors (Lipinski definition) is 0. The van der Waals surface area contributed by atoms with Crippen molar-refractivity contribution in [3.8, 4) is 0 Å². The first kappa shape index (κ1) is 12.6. The van der Waals surface area contributed by atoms with Gasteiger partial charge in [-0.15, -0.1) is 0 Å². The van der Waals surface area contributed by atoms with Crippen LogP contribution in [0.3, 0.4) is 0 Å². The molecule has 0 heterocycles. The van der Waals surface area contributed by atoms with E-state index in [9.17, 15) is 0 Å². The van der Waals surface area contributed by atoms with Gasteiger partial charge in [-0.05, 0) is 40.5 Å². The number of allylic oxidation sites excluding steroid dienone is 3. The summed E-state index contributed by atoms with van der Waals surface area (Å²) in [5.41, 5.74) is 3.80. The SMILES string of the molecule is C=NC(=C)C(=C\C(C)=C(C)C)/N=C\C. The summed E-state index contributed by atoms with van der Waals surface area (Å²) in [6.45, 7) is 15.2. The van der Waals surface area contributed by atoms with Gasteiger partial charge in [0.25, 0.3) is 0 Å². The highest BCUT2D eigenvalue weighted by molar-refractivity contribution is 5.58. The van der Waals surface area contributed by atoms with Crippen molar-refractivity contribution in [3.63, 3.8) is 0 Å². The Bertz CT molecular complexity index is 313. The molecule has 0 unspecified atom stereocenters. The number of aliphatic imine (C=N–C) groups is 2.